The van der Waals surface area contributed by atoms with Crippen LogP contribution in [0, 0.1) is 10.1 Å². The van der Waals surface area contributed by atoms with Crippen LogP contribution in [-0.2, 0) is 10.3 Å². The number of aromatic nitrogens is 4. The molecule has 0 radical (unpaired) electrons. The van der Waals surface area contributed by atoms with Gasteiger partial charge in [-0.1, -0.05) is 53.7 Å². The lowest BCUT2D eigenvalue weighted by Crippen LogP contribution is -2.25. The minimum absolute atomic E-state index is 0.00339. The van der Waals surface area contributed by atoms with Crippen molar-refractivity contribution in [3.63, 3.8) is 0 Å². The Labute approximate surface area is 182 Å². The summed E-state index contributed by atoms with van der Waals surface area (Å²) in [5.74, 6) is -0.369. The Balaban J connectivity index is 1.92. The van der Waals surface area contributed by atoms with Gasteiger partial charge in [0.15, 0.2) is 0 Å². The standard InChI is InChI=1S/C19H19ClN6O3S/c1-19(2,3)25-18(22-23-24-25)30-16(12-7-5-4-6-8-12)17(27)21-13-9-10-14(20)15(11-13)26(28)29/h4-11,16H,1-3H3,(H,21,27). The summed E-state index contributed by atoms with van der Waals surface area (Å²) in [6, 6.07) is 13.3. The molecule has 30 heavy (non-hydrogen) atoms. The fourth-order valence-corrected chi connectivity index (χ4v) is 3.97. The zero-order valence-electron chi connectivity index (χ0n) is 16.4. The minimum Gasteiger partial charge on any atom is -0.325 e. The predicted molar refractivity (Wildman–Crippen MR) is 115 cm³/mol. The van der Waals surface area contributed by atoms with Crippen LogP contribution in [0.25, 0.3) is 0 Å². The number of hydrogen-bond donors (Lipinski definition) is 1. The molecule has 0 bridgehead atoms. The van der Waals surface area contributed by atoms with Gasteiger partial charge in [0.2, 0.25) is 11.1 Å². The monoisotopic (exact) mass is 446 g/mol. The molecule has 156 valence electrons. The number of amides is 1. The summed E-state index contributed by atoms with van der Waals surface area (Å²) in [4.78, 5) is 23.7. The van der Waals surface area contributed by atoms with Gasteiger partial charge >= 0.3 is 0 Å². The van der Waals surface area contributed by atoms with Gasteiger partial charge in [0.05, 0.1) is 10.5 Å². The zero-order valence-corrected chi connectivity index (χ0v) is 18.0. The van der Waals surface area contributed by atoms with Crippen molar-refractivity contribution in [1.29, 1.82) is 0 Å². The molecule has 3 rings (SSSR count). The number of nitro benzene ring substituents is 1. The SMILES string of the molecule is CC(C)(C)n1nnnc1SC(C(=O)Nc1ccc(Cl)c([N+](=O)[O-])c1)c1ccccc1. The molecule has 0 spiro atoms. The van der Waals surface area contributed by atoms with E-state index < -0.39 is 10.2 Å². The number of halogens is 1. The van der Waals surface area contributed by atoms with Gasteiger partial charge in [0, 0.05) is 11.8 Å². The van der Waals surface area contributed by atoms with E-state index in [2.05, 4.69) is 20.8 Å². The van der Waals surface area contributed by atoms with Crippen molar-refractivity contribution in [3.05, 3.63) is 69.2 Å². The molecule has 1 aromatic heterocycles. The number of rotatable bonds is 6. The van der Waals surface area contributed by atoms with Crippen LogP contribution in [0.3, 0.4) is 0 Å². The average Bonchev–Trinajstić information content (AvgIpc) is 3.17. The third-order valence-corrected chi connectivity index (χ3v) is 5.56. The first kappa shape index (κ1) is 21.7. The number of nitrogens with zero attached hydrogens (tertiary/aromatic N) is 5. The summed E-state index contributed by atoms with van der Waals surface area (Å²) < 4.78 is 1.65. The topological polar surface area (TPSA) is 116 Å². The summed E-state index contributed by atoms with van der Waals surface area (Å²) in [7, 11) is 0. The number of anilines is 1. The highest BCUT2D eigenvalue weighted by atomic mass is 35.5. The summed E-state index contributed by atoms with van der Waals surface area (Å²) in [5.41, 5.74) is 0.357. The van der Waals surface area contributed by atoms with E-state index in [0.29, 0.717) is 5.16 Å². The molecule has 0 saturated heterocycles. The van der Waals surface area contributed by atoms with Gasteiger partial charge in [-0.15, -0.1) is 5.10 Å². The molecule has 11 heteroatoms. The van der Waals surface area contributed by atoms with E-state index in [0.717, 1.165) is 5.56 Å². The van der Waals surface area contributed by atoms with Gasteiger partial charge in [-0.2, -0.15) is 0 Å². The Kier molecular flexibility index (Phi) is 6.37. The first-order valence-corrected chi connectivity index (χ1v) is 10.2. The van der Waals surface area contributed by atoms with Crippen LogP contribution >= 0.6 is 23.4 Å². The molecular weight excluding hydrogens is 428 g/mol. The highest BCUT2D eigenvalue weighted by molar-refractivity contribution is 8.00. The molecular formula is C19H19ClN6O3S. The number of thioether (sulfide) groups is 1. The highest BCUT2D eigenvalue weighted by Gasteiger charge is 2.28. The number of benzene rings is 2. The molecule has 0 saturated carbocycles. The van der Waals surface area contributed by atoms with Crippen molar-refractivity contribution in [3.8, 4) is 0 Å². The third kappa shape index (κ3) is 4.95. The molecule has 0 aliphatic carbocycles. The summed E-state index contributed by atoms with van der Waals surface area (Å²) >= 11 is 7.06. The van der Waals surface area contributed by atoms with E-state index in [9.17, 15) is 14.9 Å². The summed E-state index contributed by atoms with van der Waals surface area (Å²) in [5, 5.41) is 25.5. The van der Waals surface area contributed by atoms with Crippen molar-refractivity contribution in [2.75, 3.05) is 5.32 Å². The first-order valence-electron chi connectivity index (χ1n) is 8.92. The van der Waals surface area contributed by atoms with Gasteiger partial charge < -0.3 is 5.32 Å². The fraction of sp³-hybridized carbons (Fsp3) is 0.263. The maximum absolute atomic E-state index is 13.2. The van der Waals surface area contributed by atoms with Gasteiger partial charge in [0.25, 0.3) is 5.69 Å². The van der Waals surface area contributed by atoms with Crippen LogP contribution in [0.1, 0.15) is 31.6 Å². The largest absolute Gasteiger partial charge is 0.325 e. The summed E-state index contributed by atoms with van der Waals surface area (Å²) in [6.45, 7) is 5.87. The molecule has 9 nitrogen and oxygen atoms in total. The summed E-state index contributed by atoms with van der Waals surface area (Å²) in [6.07, 6.45) is 0. The lowest BCUT2D eigenvalue weighted by molar-refractivity contribution is -0.384. The van der Waals surface area contributed by atoms with Crippen LogP contribution in [0.4, 0.5) is 11.4 Å². The number of hydrogen-bond acceptors (Lipinski definition) is 7. The van der Waals surface area contributed by atoms with Crippen molar-refractivity contribution in [2.45, 2.75) is 36.7 Å². The lowest BCUT2D eigenvalue weighted by Gasteiger charge is -2.22. The normalized spacial score (nSPS) is 12.4. The van der Waals surface area contributed by atoms with Crippen molar-refractivity contribution >= 4 is 40.6 Å². The highest BCUT2D eigenvalue weighted by Crippen LogP contribution is 2.37. The smallest absolute Gasteiger partial charge is 0.289 e. The number of tetrazole rings is 1. The molecule has 2 aromatic carbocycles. The molecule has 0 fully saturated rings. The Morgan fingerprint density at radius 2 is 1.93 bits per heavy atom. The van der Waals surface area contributed by atoms with E-state index in [1.54, 1.807) is 4.68 Å². The van der Waals surface area contributed by atoms with Gasteiger partial charge in [-0.25, -0.2) is 4.68 Å². The van der Waals surface area contributed by atoms with Crippen molar-refractivity contribution in [2.24, 2.45) is 0 Å². The van der Waals surface area contributed by atoms with Crippen molar-refractivity contribution in [1.82, 2.24) is 20.2 Å². The van der Waals surface area contributed by atoms with Crippen LogP contribution in [0.2, 0.25) is 5.02 Å². The quantitative estimate of drug-likeness (QED) is 0.337. The maximum Gasteiger partial charge on any atom is 0.289 e. The van der Waals surface area contributed by atoms with Crippen LogP contribution in [-0.4, -0.2) is 31.0 Å². The predicted octanol–water partition coefficient (Wildman–Crippen LogP) is 4.46. The molecule has 1 unspecified atom stereocenters. The average molecular weight is 447 g/mol. The Morgan fingerprint density at radius 3 is 2.57 bits per heavy atom. The van der Waals surface area contributed by atoms with Crippen LogP contribution in [0.15, 0.2) is 53.7 Å². The lowest BCUT2D eigenvalue weighted by atomic mass is 10.1. The maximum atomic E-state index is 13.2. The minimum atomic E-state index is -0.687. The fourth-order valence-electron chi connectivity index (χ4n) is 2.62. The molecule has 1 amide bonds. The van der Waals surface area contributed by atoms with Gasteiger partial charge in [-0.3, -0.25) is 14.9 Å². The van der Waals surface area contributed by atoms with Crippen LogP contribution < -0.4 is 5.32 Å². The third-order valence-electron chi connectivity index (χ3n) is 4.05. The number of nitro groups is 1. The van der Waals surface area contributed by atoms with E-state index in [1.165, 1.54) is 30.0 Å². The second kappa shape index (κ2) is 8.80. The van der Waals surface area contributed by atoms with Crippen molar-refractivity contribution < 1.29 is 9.72 Å². The molecule has 0 aliphatic rings. The molecule has 3 aromatic rings. The Morgan fingerprint density at radius 1 is 1.23 bits per heavy atom. The zero-order chi connectivity index (χ0) is 21.9. The van der Waals surface area contributed by atoms with E-state index in [4.69, 9.17) is 11.6 Å². The Hall–Kier alpha value is -2.98. The van der Waals surface area contributed by atoms with Crippen LogP contribution in [0.5, 0.6) is 0 Å². The number of nitrogens with one attached hydrogen (secondary N) is 1. The molecule has 1 N–H and O–H groups in total. The first-order chi connectivity index (χ1) is 14.2. The van der Waals surface area contributed by atoms with Gasteiger partial charge in [0.1, 0.15) is 10.3 Å². The van der Waals surface area contributed by atoms with Gasteiger partial charge in [-0.05, 0) is 48.9 Å². The molecule has 0 aliphatic heterocycles. The molecule has 1 heterocycles. The number of carbonyl (C=O) groups excluding carboxylic acids is 1. The second-order valence-electron chi connectivity index (χ2n) is 7.37. The van der Waals surface area contributed by atoms with E-state index in [-0.39, 0.29) is 27.8 Å². The molecule has 1 atom stereocenters. The van der Waals surface area contributed by atoms with E-state index >= 15 is 0 Å². The second-order valence-corrected chi connectivity index (χ2v) is 8.84. The number of carbonyl (C=O) groups is 1. The Bertz CT molecular complexity index is 1070. The van der Waals surface area contributed by atoms with E-state index in [1.807, 2.05) is 51.1 Å².